The van der Waals surface area contributed by atoms with E-state index in [9.17, 15) is 8.78 Å². The highest BCUT2D eigenvalue weighted by Gasteiger charge is 2.18. The number of nitrogens with zero attached hydrogens (tertiary/aromatic N) is 1. The Labute approximate surface area is 105 Å². The Balaban J connectivity index is 2.99. The minimum absolute atomic E-state index is 0.0594. The second-order valence-corrected chi connectivity index (χ2v) is 3.77. The summed E-state index contributed by atoms with van der Waals surface area (Å²) >= 11 is 0. The lowest BCUT2D eigenvalue weighted by Crippen LogP contribution is -2.32. The predicted molar refractivity (Wildman–Crippen MR) is 66.7 cm³/mol. The third-order valence-electron chi connectivity index (χ3n) is 2.55. The van der Waals surface area contributed by atoms with E-state index in [1.165, 1.54) is 6.07 Å². The number of hydrogen-bond acceptors (Lipinski definition) is 4. The van der Waals surface area contributed by atoms with Crippen molar-refractivity contribution in [2.24, 2.45) is 0 Å². The van der Waals surface area contributed by atoms with Crippen LogP contribution in [0.1, 0.15) is 0 Å². The summed E-state index contributed by atoms with van der Waals surface area (Å²) in [5.41, 5.74) is 5.96. The molecule has 1 aromatic rings. The molecule has 0 spiro atoms. The molecule has 0 atom stereocenters. The van der Waals surface area contributed by atoms with Gasteiger partial charge in [0.2, 0.25) is 0 Å². The van der Waals surface area contributed by atoms with Crippen LogP contribution in [0.3, 0.4) is 0 Å². The topological polar surface area (TPSA) is 47.7 Å². The van der Waals surface area contributed by atoms with E-state index in [0.717, 1.165) is 6.07 Å². The van der Waals surface area contributed by atoms with Crippen LogP contribution in [-0.4, -0.2) is 40.5 Å². The molecule has 102 valence electrons. The highest BCUT2D eigenvalue weighted by Crippen LogP contribution is 2.28. The Kier molecular flexibility index (Phi) is 5.80. The second-order valence-electron chi connectivity index (χ2n) is 3.77. The molecule has 0 heterocycles. The lowest BCUT2D eigenvalue weighted by atomic mass is 10.2. The first-order valence-corrected chi connectivity index (χ1v) is 5.58. The van der Waals surface area contributed by atoms with Gasteiger partial charge >= 0.3 is 0 Å². The van der Waals surface area contributed by atoms with Crippen molar-refractivity contribution >= 4 is 11.4 Å². The predicted octanol–water partition coefficient (Wildman–Crippen LogP) is 1.65. The third-order valence-corrected chi connectivity index (χ3v) is 2.55. The van der Waals surface area contributed by atoms with Crippen LogP contribution in [0.15, 0.2) is 12.1 Å². The molecule has 0 aliphatic heterocycles. The highest BCUT2D eigenvalue weighted by atomic mass is 19.2. The van der Waals surface area contributed by atoms with Crippen molar-refractivity contribution in [2.45, 2.75) is 0 Å². The van der Waals surface area contributed by atoms with Crippen molar-refractivity contribution in [1.82, 2.24) is 0 Å². The van der Waals surface area contributed by atoms with Gasteiger partial charge in [0.25, 0.3) is 0 Å². The number of hydrogen-bond donors (Lipinski definition) is 1. The summed E-state index contributed by atoms with van der Waals surface area (Å²) in [6, 6.07) is 2.36. The van der Waals surface area contributed by atoms with Gasteiger partial charge in [-0.15, -0.1) is 0 Å². The standard InChI is InChI=1S/C12H18F2N2O2/c1-17-7-5-16(6-8-18-2)12-10(15)4-3-9(13)11(12)14/h3-4H,5-8,15H2,1-2H3. The summed E-state index contributed by atoms with van der Waals surface area (Å²) in [6.07, 6.45) is 0. The van der Waals surface area contributed by atoms with Crippen LogP contribution in [0.4, 0.5) is 20.2 Å². The SMILES string of the molecule is COCCN(CCOC)c1c(N)ccc(F)c1F. The molecule has 0 radical (unpaired) electrons. The van der Waals surface area contributed by atoms with Gasteiger partial charge in [0.15, 0.2) is 11.6 Å². The molecule has 1 aromatic carbocycles. The summed E-state index contributed by atoms with van der Waals surface area (Å²) in [5, 5.41) is 0. The normalized spacial score (nSPS) is 10.7. The van der Waals surface area contributed by atoms with Crippen LogP contribution in [-0.2, 0) is 9.47 Å². The van der Waals surface area contributed by atoms with Crippen LogP contribution in [0.5, 0.6) is 0 Å². The van der Waals surface area contributed by atoms with Crippen molar-refractivity contribution in [3.63, 3.8) is 0 Å². The molecule has 0 aliphatic rings. The van der Waals surface area contributed by atoms with E-state index in [-0.39, 0.29) is 11.4 Å². The lowest BCUT2D eigenvalue weighted by molar-refractivity contribution is 0.190. The smallest absolute Gasteiger partial charge is 0.184 e. The molecule has 1 rings (SSSR count). The van der Waals surface area contributed by atoms with E-state index in [2.05, 4.69) is 0 Å². The van der Waals surface area contributed by atoms with E-state index < -0.39 is 11.6 Å². The van der Waals surface area contributed by atoms with Crippen molar-refractivity contribution in [2.75, 3.05) is 51.2 Å². The molecule has 0 saturated carbocycles. The maximum atomic E-state index is 13.8. The fraction of sp³-hybridized carbons (Fsp3) is 0.500. The number of halogens is 2. The van der Waals surface area contributed by atoms with Gasteiger partial charge in [-0.25, -0.2) is 8.78 Å². The number of nitrogen functional groups attached to an aromatic ring is 1. The summed E-state index contributed by atoms with van der Waals surface area (Å²) < 4.78 is 36.9. The fourth-order valence-corrected chi connectivity index (χ4v) is 1.61. The summed E-state index contributed by atoms with van der Waals surface area (Å²) in [5.74, 6) is -1.86. The first kappa shape index (κ1) is 14.7. The van der Waals surface area contributed by atoms with Crippen molar-refractivity contribution < 1.29 is 18.3 Å². The van der Waals surface area contributed by atoms with Crippen LogP contribution in [0.25, 0.3) is 0 Å². The summed E-state index contributed by atoms with van der Waals surface area (Å²) in [7, 11) is 3.08. The Hall–Kier alpha value is -1.40. The fourth-order valence-electron chi connectivity index (χ4n) is 1.61. The van der Waals surface area contributed by atoms with Gasteiger partial charge in [0.1, 0.15) is 0 Å². The minimum atomic E-state index is -0.942. The molecule has 18 heavy (non-hydrogen) atoms. The van der Waals surface area contributed by atoms with Crippen molar-refractivity contribution in [3.8, 4) is 0 Å². The van der Waals surface area contributed by atoms with E-state index in [4.69, 9.17) is 15.2 Å². The third kappa shape index (κ3) is 3.54. The van der Waals surface area contributed by atoms with Gasteiger partial charge < -0.3 is 20.1 Å². The van der Waals surface area contributed by atoms with E-state index >= 15 is 0 Å². The first-order valence-electron chi connectivity index (χ1n) is 5.58. The first-order chi connectivity index (χ1) is 8.61. The van der Waals surface area contributed by atoms with Gasteiger partial charge in [-0.2, -0.15) is 0 Å². The Morgan fingerprint density at radius 1 is 1.11 bits per heavy atom. The molecule has 0 bridgehead atoms. The quantitative estimate of drug-likeness (QED) is 0.757. The largest absolute Gasteiger partial charge is 0.397 e. The van der Waals surface area contributed by atoms with E-state index in [0.29, 0.717) is 26.3 Å². The number of ether oxygens (including phenoxy) is 2. The zero-order valence-electron chi connectivity index (χ0n) is 10.6. The monoisotopic (exact) mass is 260 g/mol. The Morgan fingerprint density at radius 3 is 2.17 bits per heavy atom. The number of rotatable bonds is 7. The summed E-state index contributed by atoms with van der Waals surface area (Å²) in [6.45, 7) is 1.59. The van der Waals surface area contributed by atoms with Crippen molar-refractivity contribution in [1.29, 1.82) is 0 Å². The molecule has 0 aliphatic carbocycles. The number of nitrogens with two attached hydrogens (primary N) is 1. The molecular weight excluding hydrogens is 242 g/mol. The zero-order valence-corrected chi connectivity index (χ0v) is 10.6. The number of benzene rings is 1. The van der Waals surface area contributed by atoms with Gasteiger partial charge in [-0.3, -0.25) is 0 Å². The molecule has 0 unspecified atom stereocenters. The molecule has 2 N–H and O–H groups in total. The van der Waals surface area contributed by atoms with E-state index in [1.54, 1.807) is 19.1 Å². The Morgan fingerprint density at radius 2 is 1.67 bits per heavy atom. The maximum Gasteiger partial charge on any atom is 0.184 e. The van der Waals surface area contributed by atoms with Gasteiger partial charge in [-0.05, 0) is 12.1 Å². The zero-order chi connectivity index (χ0) is 13.5. The van der Waals surface area contributed by atoms with Gasteiger partial charge in [0.05, 0.1) is 24.6 Å². The van der Waals surface area contributed by atoms with Crippen LogP contribution in [0.2, 0.25) is 0 Å². The average Bonchev–Trinajstić information content (AvgIpc) is 2.36. The molecule has 6 heteroatoms. The average molecular weight is 260 g/mol. The lowest BCUT2D eigenvalue weighted by Gasteiger charge is -2.26. The van der Waals surface area contributed by atoms with Gasteiger partial charge in [-0.1, -0.05) is 0 Å². The molecule has 0 fully saturated rings. The number of methoxy groups -OCH3 is 2. The van der Waals surface area contributed by atoms with Crippen LogP contribution >= 0.6 is 0 Å². The summed E-state index contributed by atoms with van der Waals surface area (Å²) in [4.78, 5) is 1.61. The second kappa shape index (κ2) is 7.13. The molecule has 0 aromatic heterocycles. The minimum Gasteiger partial charge on any atom is -0.397 e. The molecular formula is C12H18F2N2O2. The molecule has 0 amide bonds. The molecule has 4 nitrogen and oxygen atoms in total. The van der Waals surface area contributed by atoms with Crippen LogP contribution < -0.4 is 10.6 Å². The van der Waals surface area contributed by atoms with Crippen molar-refractivity contribution in [3.05, 3.63) is 23.8 Å². The number of anilines is 2. The highest BCUT2D eigenvalue weighted by molar-refractivity contribution is 5.68. The van der Waals surface area contributed by atoms with Crippen LogP contribution in [0, 0.1) is 11.6 Å². The van der Waals surface area contributed by atoms with E-state index in [1.807, 2.05) is 0 Å². The molecule has 0 saturated heterocycles. The van der Waals surface area contributed by atoms with Gasteiger partial charge in [0, 0.05) is 27.3 Å². The maximum absolute atomic E-state index is 13.8. The Bertz CT molecular complexity index is 381.